The molecule has 3 heteroatoms. The first-order valence-corrected chi connectivity index (χ1v) is 4.03. The monoisotopic (exact) mass is 144 g/mol. The molecule has 1 aliphatic rings. The van der Waals surface area contributed by atoms with Gasteiger partial charge in [-0.3, -0.25) is 0 Å². The fourth-order valence-corrected chi connectivity index (χ4v) is 1.39. The van der Waals surface area contributed by atoms with Crippen LogP contribution in [0.15, 0.2) is 0 Å². The third-order valence-corrected chi connectivity index (χ3v) is 1.99. The van der Waals surface area contributed by atoms with Crippen molar-refractivity contribution in [2.75, 3.05) is 26.2 Å². The number of hydrogen-bond donors (Lipinski definition) is 2. The first kappa shape index (κ1) is 7.98. The van der Waals surface area contributed by atoms with Crippen LogP contribution in [0.4, 0.5) is 0 Å². The molecular weight excluding hydrogens is 128 g/mol. The SMILES string of the molecule is ONCCN1CCCCC1. The fourth-order valence-electron chi connectivity index (χ4n) is 1.39. The van der Waals surface area contributed by atoms with E-state index in [-0.39, 0.29) is 0 Å². The van der Waals surface area contributed by atoms with Crippen LogP contribution >= 0.6 is 0 Å². The van der Waals surface area contributed by atoms with Crippen LogP contribution in [0.1, 0.15) is 19.3 Å². The van der Waals surface area contributed by atoms with Gasteiger partial charge in [0, 0.05) is 13.1 Å². The zero-order valence-electron chi connectivity index (χ0n) is 6.34. The molecule has 0 aromatic rings. The molecular formula is C7H16N2O. The lowest BCUT2D eigenvalue weighted by atomic mass is 10.1. The first-order chi connectivity index (χ1) is 4.93. The molecule has 0 spiro atoms. The normalized spacial score (nSPS) is 21.3. The Kier molecular flexibility index (Phi) is 3.72. The van der Waals surface area contributed by atoms with E-state index in [2.05, 4.69) is 10.4 Å². The van der Waals surface area contributed by atoms with Crippen molar-refractivity contribution < 1.29 is 5.21 Å². The van der Waals surface area contributed by atoms with Crippen LogP contribution in [0, 0.1) is 0 Å². The van der Waals surface area contributed by atoms with E-state index < -0.39 is 0 Å². The second-order valence-electron chi connectivity index (χ2n) is 2.81. The molecule has 10 heavy (non-hydrogen) atoms. The molecule has 1 fully saturated rings. The number of hydrogen-bond acceptors (Lipinski definition) is 3. The molecule has 0 atom stereocenters. The molecule has 0 amide bonds. The maximum atomic E-state index is 8.32. The van der Waals surface area contributed by atoms with Gasteiger partial charge in [-0.2, -0.15) is 0 Å². The van der Waals surface area contributed by atoms with Crippen LogP contribution in [0.3, 0.4) is 0 Å². The van der Waals surface area contributed by atoms with Crippen LogP contribution in [0.25, 0.3) is 0 Å². The standard InChI is InChI=1S/C7H16N2O/c10-8-4-7-9-5-2-1-3-6-9/h8,10H,1-7H2. The zero-order chi connectivity index (χ0) is 7.23. The summed E-state index contributed by atoms with van der Waals surface area (Å²) >= 11 is 0. The minimum Gasteiger partial charge on any atom is -0.317 e. The summed E-state index contributed by atoms with van der Waals surface area (Å²) in [6, 6.07) is 0. The average Bonchev–Trinajstić information content (AvgIpc) is 2.03. The van der Waals surface area contributed by atoms with Gasteiger partial charge >= 0.3 is 0 Å². The lowest BCUT2D eigenvalue weighted by molar-refractivity contribution is 0.139. The molecule has 3 nitrogen and oxygen atoms in total. The molecule has 0 bridgehead atoms. The zero-order valence-corrected chi connectivity index (χ0v) is 6.34. The van der Waals surface area contributed by atoms with Crippen molar-refractivity contribution in [3.8, 4) is 0 Å². The van der Waals surface area contributed by atoms with Crippen molar-refractivity contribution in [1.82, 2.24) is 10.4 Å². The second-order valence-corrected chi connectivity index (χ2v) is 2.81. The molecule has 2 N–H and O–H groups in total. The Hall–Kier alpha value is -0.120. The number of nitrogens with one attached hydrogen (secondary N) is 1. The van der Waals surface area contributed by atoms with Gasteiger partial charge in [-0.15, -0.1) is 0 Å². The minimum atomic E-state index is 0.694. The van der Waals surface area contributed by atoms with Gasteiger partial charge in [0.15, 0.2) is 0 Å². The number of likely N-dealkylation sites (tertiary alicyclic amines) is 1. The minimum absolute atomic E-state index is 0.694. The van der Waals surface area contributed by atoms with Crippen molar-refractivity contribution in [1.29, 1.82) is 0 Å². The van der Waals surface area contributed by atoms with Crippen LogP contribution in [-0.4, -0.2) is 36.3 Å². The van der Waals surface area contributed by atoms with Crippen molar-refractivity contribution >= 4 is 0 Å². The summed E-state index contributed by atoms with van der Waals surface area (Å²) in [4.78, 5) is 2.38. The second kappa shape index (κ2) is 4.66. The summed E-state index contributed by atoms with van der Waals surface area (Å²) < 4.78 is 0. The van der Waals surface area contributed by atoms with Gasteiger partial charge in [0.1, 0.15) is 0 Å². The summed E-state index contributed by atoms with van der Waals surface area (Å²) in [6.45, 7) is 4.10. The van der Waals surface area contributed by atoms with E-state index in [1.54, 1.807) is 0 Å². The van der Waals surface area contributed by atoms with Crippen molar-refractivity contribution in [3.63, 3.8) is 0 Å². The molecule has 0 radical (unpaired) electrons. The summed E-state index contributed by atoms with van der Waals surface area (Å²) in [5, 5.41) is 8.32. The van der Waals surface area contributed by atoms with E-state index in [1.165, 1.54) is 32.4 Å². The molecule has 1 saturated heterocycles. The van der Waals surface area contributed by atoms with Gasteiger partial charge in [-0.1, -0.05) is 6.42 Å². The Morgan fingerprint density at radius 2 is 1.90 bits per heavy atom. The highest BCUT2D eigenvalue weighted by Crippen LogP contribution is 2.06. The lowest BCUT2D eigenvalue weighted by Gasteiger charge is -2.25. The maximum Gasteiger partial charge on any atom is 0.0335 e. The van der Waals surface area contributed by atoms with Crippen LogP contribution < -0.4 is 5.48 Å². The third kappa shape index (κ3) is 2.64. The fraction of sp³-hybridized carbons (Fsp3) is 1.00. The quantitative estimate of drug-likeness (QED) is 0.565. The van der Waals surface area contributed by atoms with E-state index in [1.807, 2.05) is 0 Å². The lowest BCUT2D eigenvalue weighted by Crippen LogP contribution is -2.34. The predicted molar refractivity (Wildman–Crippen MR) is 40.1 cm³/mol. The average molecular weight is 144 g/mol. The van der Waals surface area contributed by atoms with E-state index >= 15 is 0 Å². The number of rotatable bonds is 3. The predicted octanol–water partition coefficient (Wildman–Crippen LogP) is 0.451. The van der Waals surface area contributed by atoms with Crippen molar-refractivity contribution in [2.24, 2.45) is 0 Å². The van der Waals surface area contributed by atoms with Crippen molar-refractivity contribution in [2.45, 2.75) is 19.3 Å². The van der Waals surface area contributed by atoms with Gasteiger partial charge in [0.2, 0.25) is 0 Å². The van der Waals surface area contributed by atoms with Crippen LogP contribution in [-0.2, 0) is 0 Å². The topological polar surface area (TPSA) is 35.5 Å². The van der Waals surface area contributed by atoms with E-state index in [0.29, 0.717) is 6.54 Å². The summed E-state index contributed by atoms with van der Waals surface area (Å²) in [5.41, 5.74) is 2.17. The third-order valence-electron chi connectivity index (χ3n) is 1.99. The Bertz CT molecular complexity index is 81.7. The van der Waals surface area contributed by atoms with E-state index in [0.717, 1.165) is 6.54 Å². The summed E-state index contributed by atoms with van der Waals surface area (Å²) in [7, 11) is 0. The van der Waals surface area contributed by atoms with E-state index in [4.69, 9.17) is 5.21 Å². The maximum absolute atomic E-state index is 8.32. The van der Waals surface area contributed by atoms with Crippen LogP contribution in [0.2, 0.25) is 0 Å². The number of nitrogens with zero attached hydrogens (tertiary/aromatic N) is 1. The van der Waals surface area contributed by atoms with Gasteiger partial charge in [-0.05, 0) is 25.9 Å². The highest BCUT2D eigenvalue weighted by Gasteiger charge is 2.07. The summed E-state index contributed by atoms with van der Waals surface area (Å²) in [6.07, 6.45) is 4.03. The summed E-state index contributed by atoms with van der Waals surface area (Å²) in [5.74, 6) is 0. The molecule has 1 rings (SSSR count). The van der Waals surface area contributed by atoms with Crippen molar-refractivity contribution in [3.05, 3.63) is 0 Å². The Morgan fingerprint density at radius 3 is 2.50 bits per heavy atom. The molecule has 60 valence electrons. The first-order valence-electron chi connectivity index (χ1n) is 4.03. The molecule has 0 saturated carbocycles. The Balaban J connectivity index is 2.02. The molecule has 0 aliphatic carbocycles. The highest BCUT2D eigenvalue weighted by atomic mass is 16.5. The van der Waals surface area contributed by atoms with Gasteiger partial charge < -0.3 is 10.1 Å². The van der Waals surface area contributed by atoms with Gasteiger partial charge in [0.05, 0.1) is 0 Å². The largest absolute Gasteiger partial charge is 0.317 e. The number of hydroxylamine groups is 1. The Labute approximate surface area is 62.0 Å². The van der Waals surface area contributed by atoms with E-state index in [9.17, 15) is 0 Å². The molecule has 0 unspecified atom stereocenters. The van der Waals surface area contributed by atoms with Gasteiger partial charge in [-0.25, -0.2) is 5.48 Å². The smallest absolute Gasteiger partial charge is 0.0335 e. The molecule has 0 aromatic heterocycles. The van der Waals surface area contributed by atoms with Gasteiger partial charge in [0.25, 0.3) is 0 Å². The highest BCUT2D eigenvalue weighted by molar-refractivity contribution is 4.63. The van der Waals surface area contributed by atoms with Crippen LogP contribution in [0.5, 0.6) is 0 Å². The Morgan fingerprint density at radius 1 is 1.20 bits per heavy atom. The molecule has 1 heterocycles. The molecule has 0 aromatic carbocycles. The molecule has 1 aliphatic heterocycles. The number of piperidine rings is 1.